The summed E-state index contributed by atoms with van der Waals surface area (Å²) >= 11 is 5.95. The summed E-state index contributed by atoms with van der Waals surface area (Å²) in [6.45, 7) is 2.51. The number of benzene rings is 2. The number of halogens is 1. The van der Waals surface area contributed by atoms with Crippen molar-refractivity contribution >= 4 is 28.5 Å². The van der Waals surface area contributed by atoms with Gasteiger partial charge < -0.3 is 9.72 Å². The van der Waals surface area contributed by atoms with Crippen molar-refractivity contribution in [3.63, 3.8) is 0 Å². The number of ether oxygens (including phenoxy) is 1. The fourth-order valence-electron chi connectivity index (χ4n) is 2.88. The third kappa shape index (κ3) is 4.18. The number of carbonyl (C=O) groups is 1. The van der Waals surface area contributed by atoms with Gasteiger partial charge >= 0.3 is 5.97 Å². The molecule has 0 aliphatic heterocycles. The molecule has 1 aromatic heterocycles. The van der Waals surface area contributed by atoms with E-state index in [0.717, 1.165) is 5.56 Å². The number of methoxy groups -OCH3 is 1. The van der Waals surface area contributed by atoms with Crippen LogP contribution in [-0.2, 0) is 11.3 Å². The normalized spacial score (nSPS) is 12.3. The average molecular weight is 386 g/mol. The van der Waals surface area contributed by atoms with Crippen molar-refractivity contribution in [1.29, 1.82) is 0 Å². The molecule has 7 heteroatoms. The number of carbonyl (C=O) groups excluding carboxylic acids is 1. The summed E-state index contributed by atoms with van der Waals surface area (Å²) in [7, 11) is 3.27. The lowest BCUT2D eigenvalue weighted by Gasteiger charge is -2.24. The molecule has 0 unspecified atom stereocenters. The second kappa shape index (κ2) is 7.90. The fraction of sp³-hybridized carbons (Fsp3) is 0.250. The Kier molecular flexibility index (Phi) is 5.58. The SMILES string of the molecule is COC(=O)c1ccc2c(=O)[nH]c(CN(C)[C@H](C)c3ccc(Cl)cc3)nc2c1. The van der Waals surface area contributed by atoms with Crippen molar-refractivity contribution in [2.75, 3.05) is 14.2 Å². The van der Waals surface area contributed by atoms with Gasteiger partial charge in [0.05, 0.1) is 30.1 Å². The van der Waals surface area contributed by atoms with Crippen LogP contribution in [0.25, 0.3) is 10.9 Å². The molecule has 0 saturated carbocycles. The van der Waals surface area contributed by atoms with Crippen molar-refractivity contribution in [2.45, 2.75) is 19.5 Å². The van der Waals surface area contributed by atoms with Gasteiger partial charge in [0.1, 0.15) is 5.82 Å². The monoisotopic (exact) mass is 385 g/mol. The minimum absolute atomic E-state index is 0.102. The first-order chi connectivity index (χ1) is 12.9. The van der Waals surface area contributed by atoms with E-state index in [-0.39, 0.29) is 11.6 Å². The minimum atomic E-state index is -0.464. The highest BCUT2D eigenvalue weighted by Gasteiger charge is 2.15. The fourth-order valence-corrected chi connectivity index (χ4v) is 3.00. The molecule has 0 spiro atoms. The summed E-state index contributed by atoms with van der Waals surface area (Å²) in [4.78, 5) is 33.5. The quantitative estimate of drug-likeness (QED) is 0.680. The van der Waals surface area contributed by atoms with Crippen LogP contribution in [0.5, 0.6) is 0 Å². The van der Waals surface area contributed by atoms with E-state index in [2.05, 4.69) is 21.8 Å². The Labute approximate surface area is 161 Å². The Morgan fingerprint density at radius 2 is 1.96 bits per heavy atom. The van der Waals surface area contributed by atoms with Crippen LogP contribution in [0.15, 0.2) is 47.3 Å². The molecule has 0 amide bonds. The molecule has 0 fully saturated rings. The first-order valence-electron chi connectivity index (χ1n) is 8.46. The van der Waals surface area contributed by atoms with E-state index in [1.54, 1.807) is 18.2 Å². The summed E-state index contributed by atoms with van der Waals surface area (Å²) in [6.07, 6.45) is 0. The number of fused-ring (bicyclic) bond motifs is 1. The molecule has 27 heavy (non-hydrogen) atoms. The van der Waals surface area contributed by atoms with E-state index >= 15 is 0 Å². The van der Waals surface area contributed by atoms with E-state index < -0.39 is 5.97 Å². The lowest BCUT2D eigenvalue weighted by atomic mass is 10.1. The molecule has 0 saturated heterocycles. The number of rotatable bonds is 5. The molecule has 2 aromatic carbocycles. The molecular formula is C20H20ClN3O3. The van der Waals surface area contributed by atoms with Crippen LogP contribution in [0.2, 0.25) is 5.02 Å². The standard InChI is InChI=1S/C20H20ClN3O3/c1-12(13-4-7-15(21)8-5-13)24(2)11-18-22-17-10-14(20(26)27-3)6-9-16(17)19(25)23-18/h4-10,12H,11H2,1-3H3,(H,22,23,25)/t12-/m1/s1. The van der Waals surface area contributed by atoms with Crippen LogP contribution in [-0.4, -0.2) is 35.0 Å². The summed E-state index contributed by atoms with van der Waals surface area (Å²) in [6, 6.07) is 12.5. The molecule has 1 N–H and O–H groups in total. The number of hydrogen-bond acceptors (Lipinski definition) is 5. The molecule has 3 aromatic rings. The Bertz CT molecular complexity index is 1030. The van der Waals surface area contributed by atoms with Gasteiger partial charge in [0.2, 0.25) is 0 Å². The lowest BCUT2D eigenvalue weighted by molar-refractivity contribution is 0.0601. The number of nitrogens with zero attached hydrogens (tertiary/aromatic N) is 2. The van der Waals surface area contributed by atoms with Gasteiger partial charge in [0.25, 0.3) is 5.56 Å². The molecule has 0 bridgehead atoms. The number of nitrogens with one attached hydrogen (secondary N) is 1. The van der Waals surface area contributed by atoms with Crippen molar-refractivity contribution in [1.82, 2.24) is 14.9 Å². The number of aromatic nitrogens is 2. The highest BCUT2D eigenvalue weighted by molar-refractivity contribution is 6.30. The maximum atomic E-state index is 12.4. The predicted molar refractivity (Wildman–Crippen MR) is 105 cm³/mol. The van der Waals surface area contributed by atoms with Gasteiger partial charge in [-0.1, -0.05) is 23.7 Å². The molecule has 3 rings (SSSR count). The smallest absolute Gasteiger partial charge is 0.337 e. The lowest BCUT2D eigenvalue weighted by Crippen LogP contribution is -2.25. The van der Waals surface area contributed by atoms with Gasteiger partial charge in [-0.2, -0.15) is 0 Å². The van der Waals surface area contributed by atoms with Crippen molar-refractivity contribution in [3.8, 4) is 0 Å². The maximum Gasteiger partial charge on any atom is 0.337 e. The Morgan fingerprint density at radius 1 is 1.26 bits per heavy atom. The van der Waals surface area contributed by atoms with Gasteiger partial charge in [-0.3, -0.25) is 9.69 Å². The van der Waals surface area contributed by atoms with Crippen LogP contribution in [0.3, 0.4) is 0 Å². The van der Waals surface area contributed by atoms with Gasteiger partial charge in [0.15, 0.2) is 0 Å². The van der Waals surface area contributed by atoms with E-state index in [0.29, 0.717) is 33.9 Å². The second-order valence-electron chi connectivity index (χ2n) is 6.38. The van der Waals surface area contributed by atoms with E-state index in [4.69, 9.17) is 16.3 Å². The third-order valence-electron chi connectivity index (χ3n) is 4.59. The first-order valence-corrected chi connectivity index (χ1v) is 8.84. The van der Waals surface area contributed by atoms with Gasteiger partial charge in [-0.05, 0) is 49.9 Å². The summed E-state index contributed by atoms with van der Waals surface area (Å²) in [5.74, 6) is 0.0619. The third-order valence-corrected chi connectivity index (χ3v) is 4.84. The van der Waals surface area contributed by atoms with Crippen LogP contribution in [0.1, 0.15) is 34.7 Å². The number of H-pyrrole nitrogens is 1. The van der Waals surface area contributed by atoms with Crippen LogP contribution in [0.4, 0.5) is 0 Å². The highest BCUT2D eigenvalue weighted by atomic mass is 35.5. The second-order valence-corrected chi connectivity index (χ2v) is 6.82. The van der Waals surface area contributed by atoms with Crippen molar-refractivity contribution < 1.29 is 9.53 Å². The summed E-state index contributed by atoms with van der Waals surface area (Å²) < 4.78 is 4.73. The Balaban J connectivity index is 1.88. The number of aromatic amines is 1. The largest absolute Gasteiger partial charge is 0.465 e. The van der Waals surface area contributed by atoms with Crippen molar-refractivity contribution in [2.24, 2.45) is 0 Å². The molecule has 0 aliphatic rings. The van der Waals surface area contributed by atoms with E-state index in [9.17, 15) is 9.59 Å². The topological polar surface area (TPSA) is 75.3 Å². The number of hydrogen-bond donors (Lipinski definition) is 1. The molecule has 1 heterocycles. The van der Waals surface area contributed by atoms with E-state index in [1.807, 2.05) is 31.3 Å². The molecule has 0 aliphatic carbocycles. The van der Waals surface area contributed by atoms with Crippen molar-refractivity contribution in [3.05, 3.63) is 74.8 Å². The average Bonchev–Trinajstić information content (AvgIpc) is 2.66. The molecule has 1 atom stereocenters. The number of esters is 1. The summed E-state index contributed by atoms with van der Waals surface area (Å²) in [5.41, 5.74) is 1.69. The molecule has 0 radical (unpaired) electrons. The Hall–Kier alpha value is -2.70. The zero-order chi connectivity index (χ0) is 19.6. The molecular weight excluding hydrogens is 366 g/mol. The van der Waals surface area contributed by atoms with Gasteiger partial charge in [-0.25, -0.2) is 9.78 Å². The van der Waals surface area contributed by atoms with Gasteiger partial charge in [-0.15, -0.1) is 0 Å². The predicted octanol–water partition coefficient (Wildman–Crippen LogP) is 3.56. The Morgan fingerprint density at radius 3 is 2.63 bits per heavy atom. The van der Waals surface area contributed by atoms with E-state index in [1.165, 1.54) is 7.11 Å². The summed E-state index contributed by atoms with van der Waals surface area (Å²) in [5, 5.41) is 1.12. The van der Waals surface area contributed by atoms with Crippen LogP contribution >= 0.6 is 11.6 Å². The van der Waals surface area contributed by atoms with Crippen LogP contribution < -0.4 is 5.56 Å². The van der Waals surface area contributed by atoms with Crippen LogP contribution in [0, 0.1) is 0 Å². The van der Waals surface area contributed by atoms with Gasteiger partial charge in [0, 0.05) is 11.1 Å². The highest BCUT2D eigenvalue weighted by Crippen LogP contribution is 2.22. The zero-order valence-corrected chi connectivity index (χ0v) is 16.1. The first kappa shape index (κ1) is 19.1. The molecule has 140 valence electrons. The molecule has 6 nitrogen and oxygen atoms in total. The zero-order valence-electron chi connectivity index (χ0n) is 15.3. The minimum Gasteiger partial charge on any atom is -0.465 e. The maximum absolute atomic E-state index is 12.4.